The first kappa shape index (κ1) is 20.5. The molecule has 0 radical (unpaired) electrons. The third-order valence-electron chi connectivity index (χ3n) is 4.87. The maximum Gasteiger partial charge on any atom is 0.0678 e. The Morgan fingerprint density at radius 3 is 1.46 bits per heavy atom. The molecule has 2 atom stereocenters. The Hall–Kier alpha value is -2.19. The third-order valence-corrected chi connectivity index (χ3v) is 6.97. The van der Waals surface area contributed by atoms with Gasteiger partial charge in [0.05, 0.1) is 8.22 Å². The van der Waals surface area contributed by atoms with Crippen molar-refractivity contribution in [3.05, 3.63) is 96.1 Å². The van der Waals surface area contributed by atoms with Gasteiger partial charge >= 0.3 is 0 Å². The lowest BCUT2D eigenvalue weighted by Crippen LogP contribution is -2.29. The van der Waals surface area contributed by atoms with Crippen molar-refractivity contribution in [3.8, 4) is 0 Å². The van der Waals surface area contributed by atoms with Gasteiger partial charge in [-0.3, -0.25) is 10.2 Å². The Kier molecular flexibility index (Phi) is 7.22. The molecule has 0 aliphatic rings. The van der Waals surface area contributed by atoms with Crippen LogP contribution in [-0.2, 0) is 0 Å². The van der Waals surface area contributed by atoms with Gasteiger partial charge < -0.3 is 4.90 Å². The van der Waals surface area contributed by atoms with Crippen LogP contribution in [0.5, 0.6) is 0 Å². The first-order valence-electron chi connectivity index (χ1n) is 9.74. The van der Waals surface area contributed by atoms with Gasteiger partial charge in [-0.15, -0.1) is 0 Å². The highest BCUT2D eigenvalue weighted by molar-refractivity contribution is 7.61. The molecule has 2 unspecified atom stereocenters. The number of rotatable bonds is 8. The Morgan fingerprint density at radius 2 is 1.07 bits per heavy atom. The Bertz CT molecular complexity index is 787. The van der Waals surface area contributed by atoms with E-state index >= 15 is 0 Å². The summed E-state index contributed by atoms with van der Waals surface area (Å²) in [6.45, 7) is 4.46. The van der Waals surface area contributed by atoms with E-state index in [4.69, 9.17) is 0 Å². The van der Waals surface area contributed by atoms with Crippen molar-refractivity contribution in [2.24, 2.45) is 0 Å². The van der Waals surface area contributed by atoms with Crippen molar-refractivity contribution in [2.75, 3.05) is 19.0 Å². The second kappa shape index (κ2) is 9.84. The average Bonchev–Trinajstić information content (AvgIpc) is 2.74. The van der Waals surface area contributed by atoms with E-state index in [2.05, 4.69) is 128 Å². The molecule has 3 nitrogen and oxygen atoms in total. The molecule has 0 fully saturated rings. The normalized spacial score (nSPS) is 14.3. The van der Waals surface area contributed by atoms with Crippen LogP contribution in [0.4, 0.5) is 5.69 Å². The number of hydrogen-bond donors (Lipinski definition) is 2. The zero-order chi connectivity index (χ0) is 19.9. The summed E-state index contributed by atoms with van der Waals surface area (Å²) in [5, 5.41) is 8.98. The summed E-state index contributed by atoms with van der Waals surface area (Å²) >= 11 is 0. The lowest BCUT2D eigenvalue weighted by atomic mass is 10.1. The van der Waals surface area contributed by atoms with Crippen LogP contribution in [0.1, 0.15) is 37.1 Å². The monoisotopic (exact) mass is 391 g/mol. The van der Waals surface area contributed by atoms with E-state index < -0.39 is 8.22 Å². The van der Waals surface area contributed by atoms with Gasteiger partial charge in [-0.25, -0.2) is 0 Å². The van der Waals surface area contributed by atoms with E-state index in [9.17, 15) is 0 Å². The van der Waals surface area contributed by atoms with Crippen LogP contribution in [0.15, 0.2) is 84.9 Å². The van der Waals surface area contributed by atoms with Gasteiger partial charge in [0, 0.05) is 37.2 Å². The molecular weight excluding hydrogens is 361 g/mol. The van der Waals surface area contributed by atoms with Crippen molar-refractivity contribution in [2.45, 2.75) is 25.9 Å². The van der Waals surface area contributed by atoms with Crippen molar-refractivity contribution >= 4 is 19.2 Å². The molecular formula is C24H30N3P. The standard InChI is InChI=1S/C24H30N3P/c1-19(21-11-7-5-8-12-21)25-28(24-17-15-23(16-18-24)27(3)4)26-20(2)22-13-9-6-10-14-22/h5-20,25-26H,1-4H3. The molecule has 3 rings (SSSR count). The number of anilines is 1. The van der Waals surface area contributed by atoms with Crippen LogP contribution in [0.2, 0.25) is 0 Å². The summed E-state index contributed by atoms with van der Waals surface area (Å²) < 4.78 is 0. The van der Waals surface area contributed by atoms with Gasteiger partial charge in [0.2, 0.25) is 0 Å². The van der Waals surface area contributed by atoms with Gasteiger partial charge in [0.25, 0.3) is 0 Å². The van der Waals surface area contributed by atoms with E-state index in [1.54, 1.807) is 0 Å². The molecule has 146 valence electrons. The fourth-order valence-electron chi connectivity index (χ4n) is 3.11. The highest BCUT2D eigenvalue weighted by Crippen LogP contribution is 2.33. The molecule has 0 aromatic heterocycles. The summed E-state index contributed by atoms with van der Waals surface area (Å²) in [6.07, 6.45) is 0. The third kappa shape index (κ3) is 5.42. The largest absolute Gasteiger partial charge is 0.378 e. The van der Waals surface area contributed by atoms with E-state index in [0.29, 0.717) is 0 Å². The Balaban J connectivity index is 1.82. The van der Waals surface area contributed by atoms with E-state index in [1.165, 1.54) is 22.1 Å². The quantitative estimate of drug-likeness (QED) is 0.504. The van der Waals surface area contributed by atoms with Crippen molar-refractivity contribution < 1.29 is 0 Å². The van der Waals surface area contributed by atoms with E-state index in [1.807, 2.05) is 0 Å². The molecule has 0 saturated carbocycles. The van der Waals surface area contributed by atoms with Crippen LogP contribution < -0.4 is 20.4 Å². The summed E-state index contributed by atoms with van der Waals surface area (Å²) in [6, 6.07) is 30.6. The maximum absolute atomic E-state index is 3.84. The highest BCUT2D eigenvalue weighted by atomic mass is 31.1. The predicted molar refractivity (Wildman–Crippen MR) is 123 cm³/mol. The topological polar surface area (TPSA) is 27.3 Å². The Morgan fingerprint density at radius 1 is 0.643 bits per heavy atom. The minimum Gasteiger partial charge on any atom is -0.378 e. The molecule has 3 aromatic rings. The van der Waals surface area contributed by atoms with Crippen molar-refractivity contribution in [1.29, 1.82) is 0 Å². The number of nitrogens with one attached hydrogen (secondary N) is 2. The molecule has 0 amide bonds. The molecule has 0 spiro atoms. The molecule has 2 N–H and O–H groups in total. The van der Waals surface area contributed by atoms with Gasteiger partial charge in [-0.05, 0) is 49.2 Å². The Labute approximate surface area is 170 Å². The van der Waals surface area contributed by atoms with Gasteiger partial charge in [-0.2, -0.15) is 0 Å². The minimum absolute atomic E-state index is 0.260. The predicted octanol–water partition coefficient (Wildman–Crippen LogP) is 5.39. The summed E-state index contributed by atoms with van der Waals surface area (Å²) in [5.74, 6) is 0. The zero-order valence-electron chi connectivity index (χ0n) is 17.1. The van der Waals surface area contributed by atoms with E-state index in [0.717, 1.165) is 0 Å². The zero-order valence-corrected chi connectivity index (χ0v) is 18.0. The summed E-state index contributed by atoms with van der Waals surface area (Å²) in [4.78, 5) is 2.13. The fraction of sp³-hybridized carbons (Fsp3) is 0.250. The number of hydrogen-bond acceptors (Lipinski definition) is 3. The van der Waals surface area contributed by atoms with Gasteiger partial charge in [-0.1, -0.05) is 60.7 Å². The number of nitrogens with zero attached hydrogens (tertiary/aromatic N) is 1. The minimum atomic E-state index is -0.732. The molecule has 0 heterocycles. The van der Waals surface area contributed by atoms with Crippen LogP contribution in [0.3, 0.4) is 0 Å². The first-order valence-corrected chi connectivity index (χ1v) is 11.1. The summed E-state index contributed by atoms with van der Waals surface area (Å²) in [5.41, 5.74) is 3.81. The molecule has 0 aliphatic carbocycles. The molecule has 3 aromatic carbocycles. The SMILES string of the molecule is CC(NP(NC(C)c1ccccc1)c1ccc(N(C)C)cc1)c1ccccc1. The molecule has 0 aliphatic heterocycles. The highest BCUT2D eigenvalue weighted by Gasteiger charge is 2.18. The van der Waals surface area contributed by atoms with Crippen molar-refractivity contribution in [3.63, 3.8) is 0 Å². The number of benzene rings is 3. The van der Waals surface area contributed by atoms with Gasteiger partial charge in [0.1, 0.15) is 0 Å². The van der Waals surface area contributed by atoms with Gasteiger partial charge in [0.15, 0.2) is 0 Å². The van der Waals surface area contributed by atoms with E-state index in [-0.39, 0.29) is 12.1 Å². The van der Waals surface area contributed by atoms with Crippen LogP contribution >= 0.6 is 8.22 Å². The molecule has 28 heavy (non-hydrogen) atoms. The molecule has 0 bridgehead atoms. The van der Waals surface area contributed by atoms with Crippen LogP contribution in [-0.4, -0.2) is 14.1 Å². The first-order chi connectivity index (χ1) is 13.5. The van der Waals surface area contributed by atoms with Crippen LogP contribution in [0, 0.1) is 0 Å². The maximum atomic E-state index is 3.84. The average molecular weight is 391 g/mol. The smallest absolute Gasteiger partial charge is 0.0678 e. The lowest BCUT2D eigenvalue weighted by molar-refractivity contribution is 0.700. The fourth-order valence-corrected chi connectivity index (χ4v) is 5.00. The second-order valence-corrected chi connectivity index (χ2v) is 8.97. The lowest BCUT2D eigenvalue weighted by Gasteiger charge is -2.28. The molecule has 0 saturated heterocycles. The van der Waals surface area contributed by atoms with Crippen molar-refractivity contribution in [1.82, 2.24) is 10.2 Å². The summed E-state index contributed by atoms with van der Waals surface area (Å²) in [7, 11) is 3.41. The molecule has 4 heteroatoms. The second-order valence-electron chi connectivity index (χ2n) is 7.27. The van der Waals surface area contributed by atoms with Crippen LogP contribution in [0.25, 0.3) is 0 Å².